The molecule has 1 fully saturated rings. The van der Waals surface area contributed by atoms with E-state index in [1.165, 1.54) is 23.9 Å². The second-order valence-corrected chi connectivity index (χ2v) is 8.38. The van der Waals surface area contributed by atoms with E-state index in [1.54, 1.807) is 0 Å². The van der Waals surface area contributed by atoms with Crippen molar-refractivity contribution in [2.75, 3.05) is 24.2 Å². The van der Waals surface area contributed by atoms with Crippen LogP contribution in [0.3, 0.4) is 0 Å². The van der Waals surface area contributed by atoms with Gasteiger partial charge in [0.2, 0.25) is 5.91 Å². The average molecular weight is 455 g/mol. The molecule has 1 aliphatic heterocycles. The number of anilines is 1. The van der Waals surface area contributed by atoms with Crippen LogP contribution < -0.4 is 15.4 Å². The van der Waals surface area contributed by atoms with Gasteiger partial charge in [0.15, 0.2) is 0 Å². The highest BCUT2D eigenvalue weighted by atomic mass is 35.5. The summed E-state index contributed by atoms with van der Waals surface area (Å²) in [6.07, 6.45) is 2.21. The minimum absolute atomic E-state index is 0.0303. The Bertz CT molecular complexity index is 887. The number of halogens is 2. The van der Waals surface area contributed by atoms with Gasteiger partial charge in [-0.05, 0) is 62.3 Å². The first kappa shape index (κ1) is 21.8. The Kier molecular flexibility index (Phi) is 7.66. The molecule has 2 aromatic rings. The van der Waals surface area contributed by atoms with Crippen LogP contribution in [-0.2, 0) is 4.79 Å². The smallest absolute Gasteiger partial charge is 0.339 e. The number of carbonyl (C=O) groups excluding carboxylic acids is 1. The van der Waals surface area contributed by atoms with Gasteiger partial charge in [0, 0.05) is 9.92 Å². The second kappa shape index (κ2) is 10.2. The van der Waals surface area contributed by atoms with Crippen LogP contribution in [0.15, 0.2) is 41.3 Å². The van der Waals surface area contributed by atoms with Crippen molar-refractivity contribution < 1.29 is 19.4 Å². The van der Waals surface area contributed by atoms with Gasteiger partial charge in [0.05, 0.1) is 16.5 Å². The lowest BCUT2D eigenvalue weighted by molar-refractivity contribution is -0.113. The van der Waals surface area contributed by atoms with Crippen LogP contribution in [0.2, 0.25) is 10.0 Å². The Morgan fingerprint density at radius 3 is 2.52 bits per heavy atom. The third-order valence-corrected chi connectivity index (χ3v) is 5.85. The quantitative estimate of drug-likeness (QED) is 0.531. The Morgan fingerprint density at radius 1 is 1.17 bits per heavy atom. The number of hydrogen-bond donors (Lipinski definition) is 3. The maximum absolute atomic E-state index is 12.3. The zero-order valence-corrected chi connectivity index (χ0v) is 17.7. The highest BCUT2D eigenvalue weighted by molar-refractivity contribution is 8.00. The third-order valence-electron chi connectivity index (χ3n) is 4.33. The lowest BCUT2D eigenvalue weighted by Crippen LogP contribution is -2.34. The van der Waals surface area contributed by atoms with Crippen molar-refractivity contribution in [2.45, 2.75) is 23.8 Å². The van der Waals surface area contributed by atoms with Gasteiger partial charge in [0.25, 0.3) is 0 Å². The molecule has 9 heteroatoms. The number of benzene rings is 2. The van der Waals surface area contributed by atoms with Gasteiger partial charge in [-0.1, -0.05) is 23.2 Å². The van der Waals surface area contributed by atoms with Crippen molar-refractivity contribution in [3.05, 3.63) is 52.0 Å². The van der Waals surface area contributed by atoms with Gasteiger partial charge in [-0.2, -0.15) is 0 Å². The first-order chi connectivity index (χ1) is 13.9. The molecule has 154 valence electrons. The maximum Gasteiger partial charge on any atom is 0.339 e. The standard InChI is InChI=1S/C20H20Cl2N2O4S/c21-12-9-16(22)19(20(26)27)17(10-12)24-18(25)11-29-15-3-1-13(2-4-15)28-14-5-7-23-8-6-14/h1-4,9-10,14,23H,5-8,11H2,(H,24,25)(H,26,27). The number of aromatic carboxylic acids is 1. The van der Waals surface area contributed by atoms with Crippen molar-refractivity contribution in [2.24, 2.45) is 0 Å². The van der Waals surface area contributed by atoms with E-state index in [-0.39, 0.29) is 39.1 Å². The monoisotopic (exact) mass is 454 g/mol. The van der Waals surface area contributed by atoms with Crippen LogP contribution >= 0.6 is 35.0 Å². The van der Waals surface area contributed by atoms with E-state index >= 15 is 0 Å². The summed E-state index contributed by atoms with van der Waals surface area (Å²) in [6.45, 7) is 1.93. The van der Waals surface area contributed by atoms with E-state index in [4.69, 9.17) is 27.9 Å². The van der Waals surface area contributed by atoms with E-state index in [0.29, 0.717) is 0 Å². The zero-order chi connectivity index (χ0) is 20.8. The summed E-state index contributed by atoms with van der Waals surface area (Å²) in [7, 11) is 0. The molecule has 3 N–H and O–H groups in total. The lowest BCUT2D eigenvalue weighted by atomic mass is 10.1. The molecule has 0 saturated carbocycles. The molecular formula is C20H20Cl2N2O4S. The van der Waals surface area contributed by atoms with Crippen LogP contribution in [0.5, 0.6) is 5.75 Å². The summed E-state index contributed by atoms with van der Waals surface area (Å²) in [5.74, 6) is -0.673. The number of piperidine rings is 1. The fourth-order valence-electron chi connectivity index (χ4n) is 2.94. The molecule has 2 aromatic carbocycles. The van der Waals surface area contributed by atoms with Gasteiger partial charge in [0.1, 0.15) is 17.4 Å². The number of ether oxygens (including phenoxy) is 1. The topological polar surface area (TPSA) is 87.7 Å². The first-order valence-corrected chi connectivity index (χ1v) is 10.8. The molecule has 0 atom stereocenters. The number of amides is 1. The molecule has 0 unspecified atom stereocenters. The number of rotatable bonds is 7. The largest absolute Gasteiger partial charge is 0.490 e. The Balaban J connectivity index is 1.55. The lowest BCUT2D eigenvalue weighted by Gasteiger charge is -2.23. The molecule has 1 saturated heterocycles. The summed E-state index contributed by atoms with van der Waals surface area (Å²) >= 11 is 13.2. The van der Waals surface area contributed by atoms with Gasteiger partial charge >= 0.3 is 5.97 Å². The molecule has 0 bridgehead atoms. The summed E-state index contributed by atoms with van der Waals surface area (Å²) in [5.41, 5.74) is -0.111. The molecule has 0 radical (unpaired) electrons. The van der Waals surface area contributed by atoms with Crippen molar-refractivity contribution in [1.29, 1.82) is 0 Å². The van der Waals surface area contributed by atoms with E-state index in [9.17, 15) is 14.7 Å². The summed E-state index contributed by atoms with van der Waals surface area (Å²) < 4.78 is 5.96. The average Bonchev–Trinajstić information content (AvgIpc) is 2.67. The van der Waals surface area contributed by atoms with Gasteiger partial charge in [-0.25, -0.2) is 4.79 Å². The fourth-order valence-corrected chi connectivity index (χ4v) is 4.22. The Morgan fingerprint density at radius 2 is 1.86 bits per heavy atom. The van der Waals surface area contributed by atoms with Crippen LogP contribution in [0, 0.1) is 0 Å². The normalized spacial score (nSPS) is 14.4. The highest BCUT2D eigenvalue weighted by Crippen LogP contribution is 2.30. The van der Waals surface area contributed by atoms with Crippen molar-refractivity contribution in [1.82, 2.24) is 5.32 Å². The molecule has 0 spiro atoms. The number of thioether (sulfide) groups is 1. The summed E-state index contributed by atoms with van der Waals surface area (Å²) in [4.78, 5) is 24.6. The minimum atomic E-state index is -1.24. The van der Waals surface area contributed by atoms with Crippen molar-refractivity contribution in [3.63, 3.8) is 0 Å². The number of carboxylic acids is 1. The Hall–Kier alpha value is -1.93. The molecular weight excluding hydrogens is 435 g/mol. The highest BCUT2D eigenvalue weighted by Gasteiger charge is 2.18. The van der Waals surface area contributed by atoms with Gasteiger partial charge in [-0.15, -0.1) is 11.8 Å². The number of hydrogen-bond acceptors (Lipinski definition) is 5. The molecule has 1 heterocycles. The van der Waals surface area contributed by atoms with Crippen LogP contribution in [-0.4, -0.2) is 41.9 Å². The first-order valence-electron chi connectivity index (χ1n) is 9.05. The van der Waals surface area contributed by atoms with E-state index < -0.39 is 5.97 Å². The van der Waals surface area contributed by atoms with E-state index in [0.717, 1.165) is 36.6 Å². The van der Waals surface area contributed by atoms with E-state index in [2.05, 4.69) is 10.6 Å². The molecule has 0 aromatic heterocycles. The molecule has 1 aliphatic rings. The molecule has 0 aliphatic carbocycles. The van der Waals surface area contributed by atoms with Gasteiger partial charge < -0.3 is 20.5 Å². The third kappa shape index (κ3) is 6.27. The van der Waals surface area contributed by atoms with Crippen LogP contribution in [0.25, 0.3) is 0 Å². The molecule has 6 nitrogen and oxygen atoms in total. The SMILES string of the molecule is O=C(CSc1ccc(OC2CCNCC2)cc1)Nc1cc(Cl)cc(Cl)c1C(=O)O. The zero-order valence-electron chi connectivity index (χ0n) is 15.4. The number of carboxylic acid groups (broad SMARTS) is 1. The number of carbonyl (C=O) groups is 2. The maximum atomic E-state index is 12.3. The summed E-state index contributed by atoms with van der Waals surface area (Å²) in [5, 5.41) is 15.4. The predicted molar refractivity (Wildman–Crippen MR) is 116 cm³/mol. The Labute approximate surface area is 182 Å². The van der Waals surface area contributed by atoms with Crippen LogP contribution in [0.1, 0.15) is 23.2 Å². The second-order valence-electron chi connectivity index (χ2n) is 6.49. The van der Waals surface area contributed by atoms with Gasteiger partial charge in [-0.3, -0.25) is 4.79 Å². The van der Waals surface area contributed by atoms with E-state index in [1.807, 2.05) is 24.3 Å². The van der Waals surface area contributed by atoms with Crippen molar-refractivity contribution in [3.8, 4) is 5.75 Å². The molecule has 3 rings (SSSR count). The van der Waals surface area contributed by atoms with Crippen LogP contribution in [0.4, 0.5) is 5.69 Å². The fraction of sp³-hybridized carbons (Fsp3) is 0.300. The van der Waals surface area contributed by atoms with Crippen molar-refractivity contribution >= 4 is 52.5 Å². The summed E-state index contributed by atoms with van der Waals surface area (Å²) in [6, 6.07) is 10.3. The molecule has 1 amide bonds. The predicted octanol–water partition coefficient (Wildman–Crippen LogP) is 4.55. The molecule has 29 heavy (non-hydrogen) atoms. The number of nitrogens with one attached hydrogen (secondary N) is 2. The minimum Gasteiger partial charge on any atom is -0.490 e.